The average Bonchev–Trinajstić information content (AvgIpc) is 2.81. The first-order valence-electron chi connectivity index (χ1n) is 10.9. The molecule has 0 bridgehead atoms. The lowest BCUT2D eigenvalue weighted by molar-refractivity contribution is -0.141. The first kappa shape index (κ1) is 26.2. The minimum absolute atomic E-state index is 0.107. The van der Waals surface area contributed by atoms with E-state index in [1.54, 1.807) is 43.3 Å². The molecule has 8 nitrogen and oxygen atoms in total. The third-order valence-electron chi connectivity index (χ3n) is 5.32. The monoisotopic (exact) mass is 475 g/mol. The van der Waals surface area contributed by atoms with Crippen LogP contribution in [0.15, 0.2) is 54.6 Å². The van der Waals surface area contributed by atoms with E-state index >= 15 is 0 Å². The van der Waals surface area contributed by atoms with E-state index in [1.807, 2.05) is 37.3 Å². The molecule has 2 aromatic carbocycles. The van der Waals surface area contributed by atoms with E-state index in [0.29, 0.717) is 24.3 Å². The fourth-order valence-electron chi connectivity index (χ4n) is 3.65. The van der Waals surface area contributed by atoms with Crippen molar-refractivity contribution < 1.29 is 22.7 Å². The largest absolute Gasteiger partial charge is 0.497 e. The predicted octanol–water partition coefficient (Wildman–Crippen LogP) is 2.79. The number of nitrogens with one attached hydrogen (secondary N) is 1. The zero-order valence-electron chi connectivity index (χ0n) is 19.7. The van der Waals surface area contributed by atoms with Crippen LogP contribution in [0.4, 0.5) is 5.69 Å². The van der Waals surface area contributed by atoms with Gasteiger partial charge in [-0.15, -0.1) is 0 Å². The van der Waals surface area contributed by atoms with E-state index in [9.17, 15) is 18.0 Å². The van der Waals surface area contributed by atoms with Crippen LogP contribution in [0.3, 0.4) is 0 Å². The van der Waals surface area contributed by atoms with Crippen LogP contribution in [-0.2, 0) is 26.2 Å². The third kappa shape index (κ3) is 7.49. The number of sulfonamides is 1. The molecule has 2 rings (SSSR count). The molecule has 0 aliphatic rings. The highest BCUT2D eigenvalue weighted by Gasteiger charge is 2.28. The number of carbonyl (C=O) groups excluding carboxylic acids is 2. The molecule has 0 saturated heterocycles. The van der Waals surface area contributed by atoms with E-state index in [1.165, 1.54) is 4.31 Å². The second kappa shape index (κ2) is 12.2. The Morgan fingerprint density at radius 2 is 1.79 bits per heavy atom. The Morgan fingerprint density at radius 3 is 2.36 bits per heavy atom. The van der Waals surface area contributed by atoms with Gasteiger partial charge in [0.25, 0.3) is 0 Å². The maximum Gasteiger partial charge on any atom is 0.242 e. The summed E-state index contributed by atoms with van der Waals surface area (Å²) in [6, 6.07) is 15.5. The summed E-state index contributed by atoms with van der Waals surface area (Å²) in [7, 11) is -0.385. The summed E-state index contributed by atoms with van der Waals surface area (Å²) in [6.07, 6.45) is 2.03. The van der Waals surface area contributed by atoms with E-state index in [4.69, 9.17) is 4.74 Å². The molecule has 180 valence electrons. The van der Waals surface area contributed by atoms with Gasteiger partial charge < -0.3 is 15.0 Å². The highest BCUT2D eigenvalue weighted by atomic mass is 32.2. The van der Waals surface area contributed by atoms with Gasteiger partial charge in [0.1, 0.15) is 11.8 Å². The summed E-state index contributed by atoms with van der Waals surface area (Å²) in [4.78, 5) is 27.3. The standard InChI is InChI=1S/C24H33N3O5S/c1-5-22(24(29)25-2)26(18-19-11-9-14-21(17-19)32-3)23(28)15-10-16-27(33(4,30)31)20-12-7-6-8-13-20/h6-9,11-14,17,22H,5,10,15-16,18H2,1-4H3,(H,25,29)/t22-/m1/s1. The molecule has 2 amide bonds. The van der Waals surface area contributed by atoms with Gasteiger partial charge in [-0.2, -0.15) is 0 Å². The number of methoxy groups -OCH3 is 1. The normalized spacial score (nSPS) is 12.0. The van der Waals surface area contributed by atoms with Crippen LogP contribution < -0.4 is 14.4 Å². The number of ether oxygens (including phenoxy) is 1. The number of likely N-dealkylation sites (N-methyl/N-ethyl adjacent to an activating group) is 1. The van der Waals surface area contributed by atoms with Gasteiger partial charge in [0.2, 0.25) is 21.8 Å². The SMILES string of the molecule is CC[C@H](C(=O)NC)N(Cc1cccc(OC)c1)C(=O)CCCN(c1ccccc1)S(C)(=O)=O. The maximum atomic E-state index is 13.2. The average molecular weight is 476 g/mol. The van der Waals surface area contributed by atoms with E-state index in [2.05, 4.69) is 5.32 Å². The van der Waals surface area contributed by atoms with Crippen molar-refractivity contribution in [1.82, 2.24) is 10.2 Å². The van der Waals surface area contributed by atoms with Gasteiger partial charge in [-0.05, 0) is 42.7 Å². The van der Waals surface area contributed by atoms with Crippen LogP contribution in [-0.4, -0.2) is 58.1 Å². The summed E-state index contributed by atoms with van der Waals surface area (Å²) in [5.74, 6) is 0.213. The molecule has 1 atom stereocenters. The zero-order valence-corrected chi connectivity index (χ0v) is 20.5. The van der Waals surface area contributed by atoms with Crippen LogP contribution in [0.25, 0.3) is 0 Å². The number of benzene rings is 2. The summed E-state index contributed by atoms with van der Waals surface area (Å²) < 4.78 is 31.1. The lowest BCUT2D eigenvalue weighted by Crippen LogP contribution is -2.48. The Morgan fingerprint density at radius 1 is 1.09 bits per heavy atom. The zero-order chi connectivity index (χ0) is 24.4. The van der Waals surface area contributed by atoms with Crippen LogP contribution in [0.5, 0.6) is 5.75 Å². The van der Waals surface area contributed by atoms with Gasteiger partial charge in [-0.3, -0.25) is 13.9 Å². The van der Waals surface area contributed by atoms with Crippen molar-refractivity contribution >= 4 is 27.5 Å². The number of rotatable bonds is 12. The second-order valence-corrected chi connectivity index (χ2v) is 9.59. The van der Waals surface area contributed by atoms with Crippen LogP contribution in [0, 0.1) is 0 Å². The molecule has 0 saturated carbocycles. The second-order valence-electron chi connectivity index (χ2n) is 7.69. The van der Waals surface area contributed by atoms with Gasteiger partial charge in [-0.1, -0.05) is 37.3 Å². The topological polar surface area (TPSA) is 96.0 Å². The molecule has 0 heterocycles. The third-order valence-corrected chi connectivity index (χ3v) is 6.51. The van der Waals surface area contributed by atoms with E-state index < -0.39 is 16.1 Å². The van der Waals surface area contributed by atoms with E-state index in [-0.39, 0.29) is 31.3 Å². The molecule has 0 spiro atoms. The number of anilines is 1. The van der Waals surface area contributed by atoms with E-state index in [0.717, 1.165) is 11.8 Å². The van der Waals surface area contributed by atoms with Crippen LogP contribution >= 0.6 is 0 Å². The van der Waals surface area contributed by atoms with Gasteiger partial charge in [0.15, 0.2) is 0 Å². The van der Waals surface area contributed by atoms with Gasteiger partial charge in [0, 0.05) is 26.6 Å². The number of hydrogen-bond donors (Lipinski definition) is 1. The highest BCUT2D eigenvalue weighted by Crippen LogP contribution is 2.20. The van der Waals surface area contributed by atoms with Crippen molar-refractivity contribution in [3.63, 3.8) is 0 Å². The molecule has 0 fully saturated rings. The molecular weight excluding hydrogens is 442 g/mol. The van der Waals surface area contributed by atoms with Gasteiger partial charge in [0.05, 0.1) is 19.1 Å². The van der Waals surface area contributed by atoms with Crippen molar-refractivity contribution in [1.29, 1.82) is 0 Å². The van der Waals surface area contributed by atoms with Crippen molar-refractivity contribution in [2.45, 2.75) is 38.8 Å². The molecule has 0 radical (unpaired) electrons. The smallest absolute Gasteiger partial charge is 0.242 e. The number of hydrogen-bond acceptors (Lipinski definition) is 5. The highest BCUT2D eigenvalue weighted by molar-refractivity contribution is 7.92. The fraction of sp³-hybridized carbons (Fsp3) is 0.417. The number of amides is 2. The number of carbonyl (C=O) groups is 2. The fourth-order valence-corrected chi connectivity index (χ4v) is 4.62. The molecule has 1 N–H and O–H groups in total. The molecule has 0 aliphatic heterocycles. The Hall–Kier alpha value is -3.07. The lowest BCUT2D eigenvalue weighted by atomic mass is 10.1. The molecule has 33 heavy (non-hydrogen) atoms. The first-order valence-corrected chi connectivity index (χ1v) is 12.7. The molecule has 0 aromatic heterocycles. The Labute approximate surface area is 196 Å². The van der Waals surface area contributed by atoms with Crippen molar-refractivity contribution in [3.05, 3.63) is 60.2 Å². The summed E-state index contributed by atoms with van der Waals surface area (Å²) in [5, 5.41) is 2.63. The summed E-state index contributed by atoms with van der Waals surface area (Å²) in [5.41, 5.74) is 1.39. The Balaban J connectivity index is 2.18. The van der Waals surface area contributed by atoms with Gasteiger partial charge in [-0.25, -0.2) is 8.42 Å². The summed E-state index contributed by atoms with van der Waals surface area (Å²) >= 11 is 0. The van der Waals surface area contributed by atoms with Crippen molar-refractivity contribution in [2.75, 3.05) is 31.3 Å². The first-order chi connectivity index (χ1) is 15.7. The molecule has 0 unspecified atom stereocenters. The summed E-state index contributed by atoms with van der Waals surface area (Å²) in [6.45, 7) is 2.27. The maximum absolute atomic E-state index is 13.2. The lowest BCUT2D eigenvalue weighted by Gasteiger charge is -2.31. The Kier molecular flexibility index (Phi) is 9.72. The number of nitrogens with zero attached hydrogens (tertiary/aromatic N) is 2. The molecule has 0 aliphatic carbocycles. The molecule has 9 heteroatoms. The Bertz CT molecular complexity index is 1030. The minimum atomic E-state index is -3.50. The number of para-hydroxylation sites is 1. The molecular formula is C24H33N3O5S. The quantitative estimate of drug-likeness (QED) is 0.509. The predicted molar refractivity (Wildman–Crippen MR) is 130 cm³/mol. The van der Waals surface area contributed by atoms with Gasteiger partial charge >= 0.3 is 0 Å². The van der Waals surface area contributed by atoms with Crippen LogP contribution in [0.2, 0.25) is 0 Å². The van der Waals surface area contributed by atoms with Crippen molar-refractivity contribution in [2.24, 2.45) is 0 Å². The van der Waals surface area contributed by atoms with Crippen LogP contribution in [0.1, 0.15) is 31.7 Å². The minimum Gasteiger partial charge on any atom is -0.497 e. The van der Waals surface area contributed by atoms with Crippen molar-refractivity contribution in [3.8, 4) is 5.75 Å². The molecule has 2 aromatic rings.